The van der Waals surface area contributed by atoms with E-state index in [9.17, 15) is 8.42 Å². The van der Waals surface area contributed by atoms with Crippen LogP contribution in [0.4, 0.5) is 17.2 Å². The van der Waals surface area contributed by atoms with E-state index >= 15 is 0 Å². The van der Waals surface area contributed by atoms with Gasteiger partial charge in [-0.15, -0.1) is 0 Å². The third-order valence-corrected chi connectivity index (χ3v) is 4.47. The van der Waals surface area contributed by atoms with Crippen molar-refractivity contribution in [3.63, 3.8) is 0 Å². The Balaban J connectivity index is 2.01. The van der Waals surface area contributed by atoms with Gasteiger partial charge in [-0.2, -0.15) is 0 Å². The van der Waals surface area contributed by atoms with Gasteiger partial charge in [-0.1, -0.05) is 25.5 Å². The number of rotatable bonds is 7. The fraction of sp³-hybridized carbons (Fsp3) is 0.312. The first kappa shape index (κ1) is 16.3. The van der Waals surface area contributed by atoms with Crippen LogP contribution in [0.3, 0.4) is 0 Å². The highest BCUT2D eigenvalue weighted by Gasteiger charge is 2.09. The SMILES string of the molecule is CCCCS(=O)(=O)Nc1ccc(Nc2cccc(C)c2)nc1. The summed E-state index contributed by atoms with van der Waals surface area (Å²) in [5.74, 6) is 0.800. The van der Waals surface area contributed by atoms with Crippen LogP contribution in [0, 0.1) is 6.92 Å². The first-order valence-corrected chi connectivity index (χ1v) is 8.94. The first-order chi connectivity index (χ1) is 10.5. The lowest BCUT2D eigenvalue weighted by molar-refractivity contribution is 0.598. The monoisotopic (exact) mass is 319 g/mol. The lowest BCUT2D eigenvalue weighted by atomic mass is 10.2. The van der Waals surface area contributed by atoms with Gasteiger partial charge in [-0.05, 0) is 43.2 Å². The molecule has 0 bridgehead atoms. The average Bonchev–Trinajstić information content (AvgIpc) is 2.47. The summed E-state index contributed by atoms with van der Waals surface area (Å²) >= 11 is 0. The highest BCUT2D eigenvalue weighted by molar-refractivity contribution is 7.92. The second-order valence-electron chi connectivity index (χ2n) is 5.20. The van der Waals surface area contributed by atoms with Gasteiger partial charge in [0.15, 0.2) is 0 Å². The number of hydrogen-bond donors (Lipinski definition) is 2. The number of hydrogen-bond acceptors (Lipinski definition) is 4. The van der Waals surface area contributed by atoms with Crippen molar-refractivity contribution in [2.75, 3.05) is 15.8 Å². The molecule has 0 aliphatic carbocycles. The smallest absolute Gasteiger partial charge is 0.232 e. The van der Waals surface area contributed by atoms with E-state index in [0.29, 0.717) is 17.9 Å². The molecule has 0 unspecified atom stereocenters. The maximum absolute atomic E-state index is 11.8. The van der Waals surface area contributed by atoms with Crippen molar-refractivity contribution < 1.29 is 8.42 Å². The van der Waals surface area contributed by atoms with Crippen LogP contribution >= 0.6 is 0 Å². The minimum Gasteiger partial charge on any atom is -0.340 e. The summed E-state index contributed by atoms with van der Waals surface area (Å²) in [4.78, 5) is 4.23. The molecule has 0 spiro atoms. The van der Waals surface area contributed by atoms with Crippen LogP contribution in [-0.4, -0.2) is 19.2 Å². The summed E-state index contributed by atoms with van der Waals surface area (Å²) in [5, 5.41) is 3.18. The van der Waals surface area contributed by atoms with Crippen LogP contribution < -0.4 is 10.0 Å². The Hall–Kier alpha value is -2.08. The summed E-state index contributed by atoms with van der Waals surface area (Å²) in [7, 11) is -3.28. The average molecular weight is 319 g/mol. The fourth-order valence-corrected chi connectivity index (χ4v) is 3.21. The lowest BCUT2D eigenvalue weighted by Gasteiger charge is -2.09. The molecule has 22 heavy (non-hydrogen) atoms. The summed E-state index contributed by atoms with van der Waals surface area (Å²) in [6, 6.07) is 11.4. The zero-order valence-electron chi connectivity index (χ0n) is 12.8. The molecule has 0 amide bonds. The van der Waals surface area contributed by atoms with E-state index in [1.807, 2.05) is 38.1 Å². The number of pyridine rings is 1. The highest BCUT2D eigenvalue weighted by atomic mass is 32.2. The van der Waals surface area contributed by atoms with Gasteiger partial charge in [-0.3, -0.25) is 4.72 Å². The zero-order valence-corrected chi connectivity index (χ0v) is 13.7. The Morgan fingerprint density at radius 3 is 2.59 bits per heavy atom. The number of nitrogens with zero attached hydrogens (tertiary/aromatic N) is 1. The number of aromatic nitrogens is 1. The molecule has 1 aromatic heterocycles. The van der Waals surface area contributed by atoms with Gasteiger partial charge < -0.3 is 5.32 Å². The highest BCUT2D eigenvalue weighted by Crippen LogP contribution is 2.17. The molecule has 2 N–H and O–H groups in total. The summed E-state index contributed by atoms with van der Waals surface area (Å²) in [6.07, 6.45) is 3.01. The molecule has 0 fully saturated rings. The predicted octanol–water partition coefficient (Wildman–Crippen LogP) is 3.68. The van der Waals surface area contributed by atoms with E-state index in [-0.39, 0.29) is 5.75 Å². The largest absolute Gasteiger partial charge is 0.340 e. The predicted molar refractivity (Wildman–Crippen MR) is 91.0 cm³/mol. The molecule has 2 rings (SSSR count). The maximum atomic E-state index is 11.8. The molecule has 0 saturated carbocycles. The Morgan fingerprint density at radius 2 is 1.95 bits per heavy atom. The number of sulfonamides is 1. The minimum atomic E-state index is -3.28. The lowest BCUT2D eigenvalue weighted by Crippen LogP contribution is -2.16. The summed E-state index contributed by atoms with van der Waals surface area (Å²) in [6.45, 7) is 3.98. The van der Waals surface area contributed by atoms with Crippen LogP contribution in [0.2, 0.25) is 0 Å². The van der Waals surface area contributed by atoms with Crippen molar-refractivity contribution >= 4 is 27.2 Å². The normalized spacial score (nSPS) is 11.2. The molecule has 0 aliphatic rings. The van der Waals surface area contributed by atoms with Crippen molar-refractivity contribution in [1.82, 2.24) is 4.98 Å². The van der Waals surface area contributed by atoms with Gasteiger partial charge >= 0.3 is 0 Å². The van der Waals surface area contributed by atoms with Crippen LogP contribution in [0.5, 0.6) is 0 Å². The van der Waals surface area contributed by atoms with Gasteiger partial charge in [0, 0.05) is 5.69 Å². The van der Waals surface area contributed by atoms with E-state index < -0.39 is 10.0 Å². The summed E-state index contributed by atoms with van der Waals surface area (Å²) in [5.41, 5.74) is 2.58. The molecule has 0 radical (unpaired) electrons. The molecule has 6 heteroatoms. The number of nitrogens with one attached hydrogen (secondary N) is 2. The molecule has 118 valence electrons. The molecule has 0 aliphatic heterocycles. The van der Waals surface area contributed by atoms with Crippen LogP contribution in [-0.2, 0) is 10.0 Å². The zero-order chi connectivity index (χ0) is 16.0. The molecule has 1 aromatic carbocycles. The van der Waals surface area contributed by atoms with Crippen molar-refractivity contribution in [3.8, 4) is 0 Å². The molecule has 2 aromatic rings. The van der Waals surface area contributed by atoms with Crippen LogP contribution in [0.25, 0.3) is 0 Å². The fourth-order valence-electron chi connectivity index (χ4n) is 1.96. The Labute approximate surface area is 131 Å². The topological polar surface area (TPSA) is 71.1 Å². The second kappa shape index (κ2) is 7.26. The maximum Gasteiger partial charge on any atom is 0.232 e. The Morgan fingerprint density at radius 1 is 1.14 bits per heavy atom. The second-order valence-corrected chi connectivity index (χ2v) is 7.04. The van der Waals surface area contributed by atoms with Gasteiger partial charge in [-0.25, -0.2) is 13.4 Å². The van der Waals surface area contributed by atoms with Crippen molar-refractivity contribution in [2.45, 2.75) is 26.7 Å². The standard InChI is InChI=1S/C16H21N3O2S/c1-3-4-10-22(20,21)19-15-8-9-16(17-12-15)18-14-7-5-6-13(2)11-14/h5-9,11-12,19H,3-4,10H2,1-2H3,(H,17,18). The number of aryl methyl sites for hydroxylation is 1. The number of unbranched alkanes of at least 4 members (excludes halogenated alkanes) is 1. The molecular weight excluding hydrogens is 298 g/mol. The Bertz CT molecular complexity index is 712. The van der Waals surface area contributed by atoms with Gasteiger partial charge in [0.25, 0.3) is 0 Å². The third-order valence-electron chi connectivity index (χ3n) is 3.09. The summed E-state index contributed by atoms with van der Waals surface area (Å²) < 4.78 is 26.2. The minimum absolute atomic E-state index is 0.132. The quantitative estimate of drug-likeness (QED) is 0.817. The van der Waals surface area contributed by atoms with Gasteiger partial charge in [0.05, 0.1) is 17.6 Å². The van der Waals surface area contributed by atoms with E-state index in [4.69, 9.17) is 0 Å². The van der Waals surface area contributed by atoms with Crippen LogP contribution in [0.1, 0.15) is 25.3 Å². The Kier molecular flexibility index (Phi) is 5.38. The van der Waals surface area contributed by atoms with Gasteiger partial charge in [0.2, 0.25) is 10.0 Å². The van der Waals surface area contributed by atoms with E-state index in [0.717, 1.165) is 17.7 Å². The number of anilines is 3. The van der Waals surface area contributed by atoms with E-state index in [1.54, 1.807) is 12.1 Å². The molecule has 5 nitrogen and oxygen atoms in total. The van der Waals surface area contributed by atoms with E-state index in [2.05, 4.69) is 15.0 Å². The third kappa shape index (κ3) is 5.04. The van der Waals surface area contributed by atoms with Crippen molar-refractivity contribution in [2.24, 2.45) is 0 Å². The molecule has 0 atom stereocenters. The first-order valence-electron chi connectivity index (χ1n) is 7.29. The van der Waals surface area contributed by atoms with E-state index in [1.165, 1.54) is 6.20 Å². The van der Waals surface area contributed by atoms with Crippen molar-refractivity contribution in [3.05, 3.63) is 48.2 Å². The number of benzene rings is 1. The van der Waals surface area contributed by atoms with Gasteiger partial charge in [0.1, 0.15) is 5.82 Å². The molecule has 1 heterocycles. The molecular formula is C16H21N3O2S. The van der Waals surface area contributed by atoms with Crippen molar-refractivity contribution in [1.29, 1.82) is 0 Å². The molecule has 0 saturated heterocycles. The van der Waals surface area contributed by atoms with Crippen LogP contribution in [0.15, 0.2) is 42.6 Å².